The average Bonchev–Trinajstić information content (AvgIpc) is 2.65. The number of aryl methyl sites for hydroxylation is 1. The molecule has 2 aromatic carbocycles. The van der Waals surface area contributed by atoms with Crippen molar-refractivity contribution in [1.82, 2.24) is 5.32 Å². The van der Waals surface area contributed by atoms with Crippen LogP contribution >= 0.6 is 0 Å². The Morgan fingerprint density at radius 1 is 1.10 bits per heavy atom. The first kappa shape index (κ1) is 21.8. The number of carbonyl (C=O) groups excluding carboxylic acids is 2. The molecule has 0 aliphatic carbocycles. The van der Waals surface area contributed by atoms with E-state index < -0.39 is 11.7 Å². The summed E-state index contributed by atoms with van der Waals surface area (Å²) in [5.74, 6) is 0.0727. The molecular weight excluding hydrogens is 370 g/mol. The molecule has 7 heteroatoms. The molecule has 152 valence electrons. The minimum atomic E-state index is -0.624. The van der Waals surface area contributed by atoms with E-state index in [1.54, 1.807) is 57.2 Å². The van der Waals surface area contributed by atoms with Crippen molar-refractivity contribution in [1.29, 1.82) is 5.26 Å². The predicted octanol–water partition coefficient (Wildman–Crippen LogP) is 3.91. The molecule has 0 radical (unpaired) electrons. The first-order valence-electron chi connectivity index (χ1n) is 9.15. The molecule has 0 heterocycles. The van der Waals surface area contributed by atoms with Crippen LogP contribution in [0.4, 0.5) is 10.5 Å². The van der Waals surface area contributed by atoms with Crippen LogP contribution in [0.3, 0.4) is 0 Å². The van der Waals surface area contributed by atoms with Crippen LogP contribution in [0.5, 0.6) is 5.75 Å². The Bertz CT molecular complexity index is 909. The van der Waals surface area contributed by atoms with E-state index in [0.717, 1.165) is 11.1 Å². The molecular formula is C22H25N3O4. The van der Waals surface area contributed by atoms with Crippen molar-refractivity contribution in [3.05, 3.63) is 59.2 Å². The van der Waals surface area contributed by atoms with Gasteiger partial charge in [0, 0.05) is 6.54 Å². The van der Waals surface area contributed by atoms with E-state index in [0.29, 0.717) is 23.5 Å². The third kappa shape index (κ3) is 7.54. The van der Waals surface area contributed by atoms with Crippen molar-refractivity contribution in [3.63, 3.8) is 0 Å². The molecule has 2 rings (SSSR count). The Kier molecular flexibility index (Phi) is 7.21. The van der Waals surface area contributed by atoms with Crippen molar-refractivity contribution in [2.75, 3.05) is 11.9 Å². The maximum atomic E-state index is 12.1. The van der Waals surface area contributed by atoms with E-state index in [1.807, 2.05) is 19.1 Å². The van der Waals surface area contributed by atoms with Crippen LogP contribution < -0.4 is 15.4 Å². The highest BCUT2D eigenvalue weighted by Crippen LogP contribution is 2.26. The van der Waals surface area contributed by atoms with Gasteiger partial charge in [0.2, 0.25) is 0 Å². The Morgan fingerprint density at radius 3 is 2.41 bits per heavy atom. The molecule has 7 nitrogen and oxygen atoms in total. The highest BCUT2D eigenvalue weighted by atomic mass is 16.6. The van der Waals surface area contributed by atoms with Gasteiger partial charge in [-0.2, -0.15) is 5.26 Å². The number of nitrogens with one attached hydrogen (secondary N) is 2. The van der Waals surface area contributed by atoms with Gasteiger partial charge in [0.1, 0.15) is 11.4 Å². The van der Waals surface area contributed by atoms with Crippen molar-refractivity contribution >= 4 is 17.7 Å². The van der Waals surface area contributed by atoms with Gasteiger partial charge in [-0.15, -0.1) is 0 Å². The van der Waals surface area contributed by atoms with Gasteiger partial charge in [0.15, 0.2) is 6.61 Å². The zero-order valence-corrected chi connectivity index (χ0v) is 17.0. The summed E-state index contributed by atoms with van der Waals surface area (Å²) in [5, 5.41) is 14.2. The molecule has 0 aliphatic heterocycles. The molecule has 0 saturated carbocycles. The number of nitrogens with zero attached hydrogens (tertiary/aromatic N) is 1. The van der Waals surface area contributed by atoms with Crippen LogP contribution in [0.1, 0.15) is 37.5 Å². The van der Waals surface area contributed by atoms with E-state index >= 15 is 0 Å². The Balaban J connectivity index is 1.93. The highest BCUT2D eigenvalue weighted by molar-refractivity contribution is 5.87. The third-order valence-electron chi connectivity index (χ3n) is 3.70. The number of hydrogen-bond donors (Lipinski definition) is 2. The number of hydrogen-bond acceptors (Lipinski definition) is 5. The van der Waals surface area contributed by atoms with Gasteiger partial charge in [-0.3, -0.25) is 10.1 Å². The predicted molar refractivity (Wildman–Crippen MR) is 110 cm³/mol. The lowest BCUT2D eigenvalue weighted by molar-refractivity contribution is -0.123. The number of anilines is 1. The lowest BCUT2D eigenvalue weighted by Gasteiger charge is -2.20. The molecule has 29 heavy (non-hydrogen) atoms. The molecule has 0 unspecified atom stereocenters. The first-order chi connectivity index (χ1) is 13.7. The minimum absolute atomic E-state index is 0.206. The minimum Gasteiger partial charge on any atom is -0.482 e. The average molecular weight is 395 g/mol. The number of nitriles is 1. The fourth-order valence-corrected chi connectivity index (χ4v) is 2.36. The zero-order valence-electron chi connectivity index (χ0n) is 17.0. The van der Waals surface area contributed by atoms with Crippen LogP contribution in [0, 0.1) is 18.3 Å². The van der Waals surface area contributed by atoms with Gasteiger partial charge in [-0.05, 0) is 63.1 Å². The van der Waals surface area contributed by atoms with Crippen molar-refractivity contribution in [2.24, 2.45) is 0 Å². The molecule has 0 atom stereocenters. The highest BCUT2D eigenvalue weighted by Gasteiger charge is 2.18. The normalized spacial score (nSPS) is 10.6. The molecule has 0 aliphatic rings. The maximum absolute atomic E-state index is 12.1. The standard InChI is InChI=1S/C22H25N3O4/c1-15-5-10-18(25-21(27)29-22(2,3)4)19(11-15)28-14-20(26)24-13-17-8-6-16(12-23)7-9-17/h5-11H,13-14H2,1-4H3,(H,24,26)(H,25,27). The fourth-order valence-electron chi connectivity index (χ4n) is 2.36. The van der Waals surface area contributed by atoms with Crippen LogP contribution in [0.25, 0.3) is 0 Å². The van der Waals surface area contributed by atoms with Crippen LogP contribution in [-0.4, -0.2) is 24.2 Å². The zero-order chi connectivity index (χ0) is 21.4. The van der Waals surface area contributed by atoms with Crippen LogP contribution in [-0.2, 0) is 16.1 Å². The van der Waals surface area contributed by atoms with E-state index in [9.17, 15) is 9.59 Å². The molecule has 0 aromatic heterocycles. The van der Waals surface area contributed by atoms with Gasteiger partial charge in [0.05, 0.1) is 17.3 Å². The SMILES string of the molecule is Cc1ccc(NC(=O)OC(C)(C)C)c(OCC(=O)NCc2ccc(C#N)cc2)c1. The summed E-state index contributed by atoms with van der Waals surface area (Å²) in [6.45, 7) is 7.33. The van der Waals surface area contributed by atoms with Gasteiger partial charge in [-0.1, -0.05) is 18.2 Å². The van der Waals surface area contributed by atoms with E-state index in [2.05, 4.69) is 10.6 Å². The van der Waals surface area contributed by atoms with Crippen molar-refractivity contribution in [2.45, 2.75) is 39.8 Å². The molecule has 0 fully saturated rings. The van der Waals surface area contributed by atoms with E-state index in [-0.39, 0.29) is 12.5 Å². The van der Waals surface area contributed by atoms with Gasteiger partial charge in [-0.25, -0.2) is 4.79 Å². The summed E-state index contributed by atoms with van der Waals surface area (Å²) >= 11 is 0. The van der Waals surface area contributed by atoms with Gasteiger partial charge in [0.25, 0.3) is 5.91 Å². The quantitative estimate of drug-likeness (QED) is 0.772. The molecule has 2 N–H and O–H groups in total. The van der Waals surface area contributed by atoms with Crippen LogP contribution in [0.2, 0.25) is 0 Å². The van der Waals surface area contributed by atoms with E-state index in [4.69, 9.17) is 14.7 Å². The molecule has 2 amide bonds. The monoisotopic (exact) mass is 395 g/mol. The third-order valence-corrected chi connectivity index (χ3v) is 3.70. The Morgan fingerprint density at radius 2 is 1.79 bits per heavy atom. The number of ether oxygens (including phenoxy) is 2. The largest absolute Gasteiger partial charge is 0.482 e. The Labute approximate surface area is 170 Å². The molecule has 0 spiro atoms. The van der Waals surface area contributed by atoms with Gasteiger partial charge >= 0.3 is 6.09 Å². The fraction of sp³-hybridized carbons (Fsp3) is 0.318. The molecule has 2 aromatic rings. The molecule has 0 bridgehead atoms. The van der Waals surface area contributed by atoms with Crippen LogP contribution in [0.15, 0.2) is 42.5 Å². The molecule has 0 saturated heterocycles. The maximum Gasteiger partial charge on any atom is 0.412 e. The smallest absolute Gasteiger partial charge is 0.412 e. The lowest BCUT2D eigenvalue weighted by Crippen LogP contribution is -2.29. The summed E-state index contributed by atoms with van der Waals surface area (Å²) in [4.78, 5) is 24.1. The Hall–Kier alpha value is -3.53. The summed E-state index contributed by atoms with van der Waals surface area (Å²) in [7, 11) is 0. The van der Waals surface area contributed by atoms with E-state index in [1.165, 1.54) is 0 Å². The number of rotatable bonds is 6. The van der Waals surface area contributed by atoms with Crippen molar-refractivity contribution in [3.8, 4) is 11.8 Å². The second-order valence-corrected chi connectivity index (χ2v) is 7.50. The topological polar surface area (TPSA) is 100 Å². The number of benzene rings is 2. The second-order valence-electron chi connectivity index (χ2n) is 7.50. The van der Waals surface area contributed by atoms with Gasteiger partial charge < -0.3 is 14.8 Å². The second kappa shape index (κ2) is 9.60. The summed E-state index contributed by atoms with van der Waals surface area (Å²) in [6, 6.07) is 14.3. The lowest BCUT2D eigenvalue weighted by atomic mass is 10.1. The summed E-state index contributed by atoms with van der Waals surface area (Å²) in [6.07, 6.45) is -0.600. The number of carbonyl (C=O) groups is 2. The number of amides is 2. The summed E-state index contributed by atoms with van der Waals surface area (Å²) < 4.78 is 10.9. The first-order valence-corrected chi connectivity index (χ1v) is 9.15. The summed E-state index contributed by atoms with van der Waals surface area (Å²) in [5.41, 5.74) is 2.16. The van der Waals surface area contributed by atoms with Crippen molar-refractivity contribution < 1.29 is 19.1 Å².